The molecule has 0 aliphatic carbocycles. The summed E-state index contributed by atoms with van der Waals surface area (Å²) < 4.78 is 2.25. The van der Waals surface area contributed by atoms with Crippen molar-refractivity contribution in [3.05, 3.63) is 71.8 Å². The van der Waals surface area contributed by atoms with E-state index in [0.717, 1.165) is 31.1 Å². The van der Waals surface area contributed by atoms with Crippen molar-refractivity contribution >= 4 is 22.5 Å². The summed E-state index contributed by atoms with van der Waals surface area (Å²) in [7, 11) is 0. The van der Waals surface area contributed by atoms with Crippen LogP contribution in [0.5, 0.6) is 0 Å². The zero-order valence-corrected chi connectivity index (χ0v) is 14.1. The Labute approximate surface area is 146 Å². The van der Waals surface area contributed by atoms with Crippen LogP contribution >= 0.6 is 0 Å². The van der Waals surface area contributed by atoms with Gasteiger partial charge in [0.1, 0.15) is 0 Å². The lowest BCUT2D eigenvalue weighted by atomic mass is 10.0. The molecule has 0 spiro atoms. The van der Waals surface area contributed by atoms with E-state index in [1.807, 2.05) is 0 Å². The van der Waals surface area contributed by atoms with Crippen molar-refractivity contribution in [1.29, 1.82) is 0 Å². The molecule has 0 amide bonds. The van der Waals surface area contributed by atoms with Crippen LogP contribution in [0.4, 0.5) is 5.95 Å². The van der Waals surface area contributed by atoms with E-state index in [4.69, 9.17) is 0 Å². The predicted molar refractivity (Wildman–Crippen MR) is 101 cm³/mol. The highest BCUT2D eigenvalue weighted by atomic mass is 15.4. The van der Waals surface area contributed by atoms with Gasteiger partial charge in [0.05, 0.1) is 5.52 Å². The topological polar surface area (TPSA) is 33.4 Å². The Bertz CT molecular complexity index is 1030. The summed E-state index contributed by atoms with van der Waals surface area (Å²) >= 11 is 0. The standard InChI is InChI=1S/C21H20N4/c1-2-8-16(9-3-1)14-18-15-17-10-4-5-11-19(17)25-20(18)22-23-21(25)24-12-6-7-13-24/h1-5,8-11,15H,6-7,12-14H2. The van der Waals surface area contributed by atoms with Gasteiger partial charge in [-0.2, -0.15) is 0 Å². The number of nitrogens with zero attached hydrogens (tertiary/aromatic N) is 4. The summed E-state index contributed by atoms with van der Waals surface area (Å²) in [6, 6.07) is 21.4. The van der Waals surface area contributed by atoms with Crippen LogP contribution in [0.25, 0.3) is 16.6 Å². The van der Waals surface area contributed by atoms with Gasteiger partial charge in [0.25, 0.3) is 0 Å². The van der Waals surface area contributed by atoms with Crippen molar-refractivity contribution in [2.45, 2.75) is 19.3 Å². The number of benzene rings is 2. The molecule has 4 heteroatoms. The van der Waals surface area contributed by atoms with Crippen LogP contribution < -0.4 is 4.90 Å². The highest BCUT2D eigenvalue weighted by Gasteiger charge is 2.20. The van der Waals surface area contributed by atoms with Crippen molar-refractivity contribution < 1.29 is 0 Å². The summed E-state index contributed by atoms with van der Waals surface area (Å²) in [4.78, 5) is 2.36. The van der Waals surface area contributed by atoms with E-state index < -0.39 is 0 Å². The summed E-state index contributed by atoms with van der Waals surface area (Å²) in [5.74, 6) is 0.985. The molecule has 124 valence electrons. The molecule has 2 aromatic carbocycles. The molecule has 0 bridgehead atoms. The number of anilines is 1. The van der Waals surface area contributed by atoms with Crippen LogP contribution in [0.3, 0.4) is 0 Å². The first-order valence-corrected chi connectivity index (χ1v) is 8.95. The molecule has 0 radical (unpaired) electrons. The average Bonchev–Trinajstić information content (AvgIpc) is 3.32. The fourth-order valence-corrected chi connectivity index (χ4v) is 3.84. The van der Waals surface area contributed by atoms with Gasteiger partial charge < -0.3 is 4.90 Å². The molecule has 1 fully saturated rings. The molecule has 0 N–H and O–H groups in total. The zero-order chi connectivity index (χ0) is 16.6. The number of fused-ring (bicyclic) bond motifs is 3. The number of hydrogen-bond acceptors (Lipinski definition) is 3. The lowest BCUT2D eigenvalue weighted by Gasteiger charge is -2.16. The molecule has 4 nitrogen and oxygen atoms in total. The van der Waals surface area contributed by atoms with Crippen molar-refractivity contribution in [3.63, 3.8) is 0 Å². The first kappa shape index (κ1) is 14.5. The number of pyridine rings is 1. The molecule has 5 rings (SSSR count). The van der Waals surface area contributed by atoms with Crippen molar-refractivity contribution in [2.75, 3.05) is 18.0 Å². The Morgan fingerprint density at radius 1 is 0.840 bits per heavy atom. The molecule has 3 heterocycles. The molecule has 1 aliphatic rings. The van der Waals surface area contributed by atoms with E-state index >= 15 is 0 Å². The average molecular weight is 328 g/mol. The number of aromatic nitrogens is 3. The summed E-state index contributed by atoms with van der Waals surface area (Å²) in [5.41, 5.74) is 4.68. The minimum absolute atomic E-state index is 0.868. The fraction of sp³-hybridized carbons (Fsp3) is 0.238. The largest absolute Gasteiger partial charge is 0.341 e. The van der Waals surface area contributed by atoms with E-state index in [2.05, 4.69) is 80.2 Å². The molecular formula is C21H20N4. The maximum atomic E-state index is 4.58. The lowest BCUT2D eigenvalue weighted by Crippen LogP contribution is -2.20. The van der Waals surface area contributed by atoms with Crippen molar-refractivity contribution in [3.8, 4) is 0 Å². The Morgan fingerprint density at radius 2 is 1.60 bits per heavy atom. The van der Waals surface area contributed by atoms with Crippen LogP contribution in [0, 0.1) is 0 Å². The van der Waals surface area contributed by atoms with Crippen LogP contribution in [0.2, 0.25) is 0 Å². The van der Waals surface area contributed by atoms with Gasteiger partial charge in [0.2, 0.25) is 5.95 Å². The highest BCUT2D eigenvalue weighted by Crippen LogP contribution is 2.28. The van der Waals surface area contributed by atoms with Crippen LogP contribution in [0.15, 0.2) is 60.7 Å². The molecular weight excluding hydrogens is 308 g/mol. The molecule has 1 saturated heterocycles. The number of hydrogen-bond donors (Lipinski definition) is 0. The van der Waals surface area contributed by atoms with Gasteiger partial charge in [0, 0.05) is 25.1 Å². The van der Waals surface area contributed by atoms with Gasteiger partial charge in [0.15, 0.2) is 5.65 Å². The Morgan fingerprint density at radius 3 is 2.44 bits per heavy atom. The van der Waals surface area contributed by atoms with Gasteiger partial charge in [-0.1, -0.05) is 48.5 Å². The van der Waals surface area contributed by atoms with Gasteiger partial charge in [-0.25, -0.2) is 0 Å². The van der Waals surface area contributed by atoms with Crippen LogP contribution in [-0.4, -0.2) is 27.7 Å². The van der Waals surface area contributed by atoms with E-state index in [1.165, 1.54) is 34.9 Å². The maximum Gasteiger partial charge on any atom is 0.232 e. The normalized spacial score (nSPS) is 14.6. The zero-order valence-electron chi connectivity index (χ0n) is 14.1. The Hall–Kier alpha value is -2.88. The van der Waals surface area contributed by atoms with E-state index in [0.29, 0.717) is 0 Å². The summed E-state index contributed by atoms with van der Waals surface area (Å²) in [5, 5.41) is 10.4. The first-order chi connectivity index (χ1) is 12.4. The molecule has 0 saturated carbocycles. The third-order valence-electron chi connectivity index (χ3n) is 5.07. The predicted octanol–water partition coefficient (Wildman–Crippen LogP) is 4.07. The first-order valence-electron chi connectivity index (χ1n) is 8.95. The monoisotopic (exact) mass is 328 g/mol. The third-order valence-corrected chi connectivity index (χ3v) is 5.07. The molecule has 4 aromatic rings. The number of para-hydroxylation sites is 1. The van der Waals surface area contributed by atoms with E-state index in [1.54, 1.807) is 0 Å². The quantitative estimate of drug-likeness (QED) is 0.568. The lowest BCUT2D eigenvalue weighted by molar-refractivity contribution is 0.890. The second kappa shape index (κ2) is 5.88. The molecule has 1 aliphatic heterocycles. The Kier molecular flexibility index (Phi) is 3.40. The fourth-order valence-electron chi connectivity index (χ4n) is 3.84. The minimum atomic E-state index is 0.868. The molecule has 25 heavy (non-hydrogen) atoms. The van der Waals surface area contributed by atoms with E-state index in [9.17, 15) is 0 Å². The third kappa shape index (κ3) is 2.45. The van der Waals surface area contributed by atoms with Gasteiger partial charge in [-0.15, -0.1) is 10.2 Å². The van der Waals surface area contributed by atoms with Crippen LogP contribution in [-0.2, 0) is 6.42 Å². The van der Waals surface area contributed by atoms with Gasteiger partial charge in [-0.3, -0.25) is 4.40 Å². The molecule has 0 atom stereocenters. The van der Waals surface area contributed by atoms with Gasteiger partial charge >= 0.3 is 0 Å². The number of rotatable bonds is 3. The maximum absolute atomic E-state index is 4.58. The highest BCUT2D eigenvalue weighted by molar-refractivity contribution is 5.85. The molecule has 0 unspecified atom stereocenters. The summed E-state index contributed by atoms with van der Waals surface area (Å²) in [6.45, 7) is 2.13. The SMILES string of the molecule is c1ccc(Cc2cc3ccccc3n3c(N4CCCC4)nnc23)cc1. The molecule has 2 aromatic heterocycles. The smallest absolute Gasteiger partial charge is 0.232 e. The van der Waals surface area contributed by atoms with Crippen molar-refractivity contribution in [1.82, 2.24) is 14.6 Å². The summed E-state index contributed by atoms with van der Waals surface area (Å²) in [6.07, 6.45) is 3.33. The van der Waals surface area contributed by atoms with Gasteiger partial charge in [-0.05, 0) is 35.9 Å². The second-order valence-corrected chi connectivity index (χ2v) is 6.74. The van der Waals surface area contributed by atoms with E-state index in [-0.39, 0.29) is 0 Å². The Balaban J connectivity index is 1.74. The van der Waals surface area contributed by atoms with Crippen LogP contribution in [0.1, 0.15) is 24.0 Å². The minimum Gasteiger partial charge on any atom is -0.341 e. The second-order valence-electron chi connectivity index (χ2n) is 6.74. The van der Waals surface area contributed by atoms with Crippen molar-refractivity contribution in [2.24, 2.45) is 0 Å².